The van der Waals surface area contributed by atoms with Gasteiger partial charge in [-0.2, -0.15) is 0 Å². The maximum absolute atomic E-state index is 11.2. The van der Waals surface area contributed by atoms with E-state index in [0.29, 0.717) is 4.77 Å². The molecule has 0 aliphatic heterocycles. The zero-order valence-corrected chi connectivity index (χ0v) is 9.41. The van der Waals surface area contributed by atoms with Crippen LogP contribution < -0.4 is 5.56 Å². The fourth-order valence-electron chi connectivity index (χ4n) is 1.53. The molecule has 1 aromatic heterocycles. The molecule has 82 valence electrons. The summed E-state index contributed by atoms with van der Waals surface area (Å²) in [4.78, 5) is 13.7. The number of hydrogen-bond acceptors (Lipinski definition) is 3. The first kappa shape index (κ1) is 10.6. The molecule has 5 heteroatoms. The molecule has 0 aliphatic rings. The topological polar surface area (TPSA) is 58.0 Å². The Labute approximate surface area is 96.8 Å². The number of hydrogen-bond donors (Lipinski definition) is 2. The number of benzene rings is 1. The molecule has 1 aromatic carbocycles. The third-order valence-corrected chi connectivity index (χ3v) is 2.52. The lowest BCUT2D eigenvalue weighted by Crippen LogP contribution is -2.13. The molecule has 0 fully saturated rings. The second-order valence-electron chi connectivity index (χ2n) is 3.43. The quantitative estimate of drug-likeness (QED) is 0.741. The molecule has 0 unspecified atom stereocenters. The highest BCUT2D eigenvalue weighted by Crippen LogP contribution is 2.14. The smallest absolute Gasteiger partial charge is 0.251 e. The number of H-pyrrole nitrogens is 1. The van der Waals surface area contributed by atoms with Crippen molar-refractivity contribution in [1.29, 1.82) is 0 Å². The fourth-order valence-corrected chi connectivity index (χ4v) is 1.88. The SMILES string of the molecule is Cc1cc(=O)[nH]c(=S)n1-c1ccc(O)cc1. The molecular formula is C11H10N2O2S. The summed E-state index contributed by atoms with van der Waals surface area (Å²) in [6.45, 7) is 1.80. The highest BCUT2D eigenvalue weighted by molar-refractivity contribution is 7.71. The predicted octanol–water partition coefficient (Wildman–Crippen LogP) is 1.91. The van der Waals surface area contributed by atoms with Gasteiger partial charge in [-0.25, -0.2) is 0 Å². The lowest BCUT2D eigenvalue weighted by atomic mass is 10.3. The minimum absolute atomic E-state index is 0.192. The molecule has 0 saturated heterocycles. The summed E-state index contributed by atoms with van der Waals surface area (Å²) in [5.41, 5.74) is 1.34. The maximum atomic E-state index is 11.2. The summed E-state index contributed by atoms with van der Waals surface area (Å²) >= 11 is 5.09. The summed E-state index contributed by atoms with van der Waals surface area (Å²) in [5, 5.41) is 9.19. The molecule has 0 atom stereocenters. The maximum Gasteiger partial charge on any atom is 0.251 e. The molecule has 0 spiro atoms. The van der Waals surface area contributed by atoms with Crippen LogP contribution in [-0.4, -0.2) is 14.7 Å². The monoisotopic (exact) mass is 234 g/mol. The standard InChI is InChI=1S/C11H10N2O2S/c1-7-6-10(15)12-11(16)13(7)8-2-4-9(14)5-3-8/h2-6,14H,1H3,(H,12,15,16). The van der Waals surface area contributed by atoms with Gasteiger partial charge in [-0.3, -0.25) is 14.3 Å². The van der Waals surface area contributed by atoms with Gasteiger partial charge >= 0.3 is 0 Å². The van der Waals surface area contributed by atoms with Crippen LogP contribution in [0.2, 0.25) is 0 Å². The van der Waals surface area contributed by atoms with E-state index in [9.17, 15) is 9.90 Å². The van der Waals surface area contributed by atoms with Gasteiger partial charge in [-0.15, -0.1) is 0 Å². The number of aryl methyl sites for hydroxylation is 1. The van der Waals surface area contributed by atoms with Crippen molar-refractivity contribution in [2.75, 3.05) is 0 Å². The van der Waals surface area contributed by atoms with Gasteiger partial charge < -0.3 is 5.11 Å². The van der Waals surface area contributed by atoms with E-state index >= 15 is 0 Å². The lowest BCUT2D eigenvalue weighted by molar-refractivity contribution is 0.475. The molecule has 0 amide bonds. The summed E-state index contributed by atoms with van der Waals surface area (Å²) < 4.78 is 2.08. The zero-order valence-electron chi connectivity index (χ0n) is 8.60. The summed E-state index contributed by atoms with van der Waals surface area (Å²) in [5.74, 6) is 0.192. The second-order valence-corrected chi connectivity index (χ2v) is 3.82. The van der Waals surface area contributed by atoms with Crippen LogP contribution in [-0.2, 0) is 0 Å². The number of nitrogens with zero attached hydrogens (tertiary/aromatic N) is 1. The Morgan fingerprint density at radius 3 is 2.50 bits per heavy atom. The Hall–Kier alpha value is -1.88. The minimum Gasteiger partial charge on any atom is -0.508 e. The number of phenols is 1. The fraction of sp³-hybridized carbons (Fsp3) is 0.0909. The van der Waals surface area contributed by atoms with Crippen LogP contribution in [0.5, 0.6) is 5.75 Å². The first-order valence-electron chi connectivity index (χ1n) is 4.70. The van der Waals surface area contributed by atoms with Crippen LogP contribution in [0.1, 0.15) is 5.69 Å². The molecule has 16 heavy (non-hydrogen) atoms. The van der Waals surface area contributed by atoms with Gasteiger partial charge in [0.2, 0.25) is 0 Å². The average molecular weight is 234 g/mol. The molecule has 1 heterocycles. The third-order valence-electron chi connectivity index (χ3n) is 2.23. The van der Waals surface area contributed by atoms with E-state index < -0.39 is 0 Å². The average Bonchev–Trinajstić information content (AvgIpc) is 2.19. The number of aromatic amines is 1. The van der Waals surface area contributed by atoms with E-state index in [2.05, 4.69) is 4.98 Å². The van der Waals surface area contributed by atoms with Crippen molar-refractivity contribution >= 4 is 12.2 Å². The van der Waals surface area contributed by atoms with Crippen molar-refractivity contribution in [3.05, 3.63) is 51.2 Å². The molecule has 0 aliphatic carbocycles. The van der Waals surface area contributed by atoms with Crippen LogP contribution >= 0.6 is 12.2 Å². The Morgan fingerprint density at radius 2 is 1.94 bits per heavy atom. The number of aromatic nitrogens is 2. The van der Waals surface area contributed by atoms with Crippen LogP contribution in [0.4, 0.5) is 0 Å². The van der Waals surface area contributed by atoms with Crippen LogP contribution in [0.15, 0.2) is 35.1 Å². The number of aromatic hydroxyl groups is 1. The number of nitrogens with one attached hydrogen (secondary N) is 1. The van der Waals surface area contributed by atoms with E-state index in [-0.39, 0.29) is 11.3 Å². The van der Waals surface area contributed by atoms with Gasteiger partial charge in [0.05, 0.1) is 0 Å². The van der Waals surface area contributed by atoms with E-state index in [1.165, 1.54) is 6.07 Å². The minimum atomic E-state index is -0.211. The van der Waals surface area contributed by atoms with Crippen molar-refractivity contribution in [1.82, 2.24) is 9.55 Å². The van der Waals surface area contributed by atoms with Crippen molar-refractivity contribution in [2.45, 2.75) is 6.92 Å². The van der Waals surface area contributed by atoms with Gasteiger partial charge in [0.25, 0.3) is 5.56 Å². The second kappa shape index (κ2) is 3.94. The Balaban J connectivity index is 2.69. The van der Waals surface area contributed by atoms with Gasteiger partial charge in [0.1, 0.15) is 5.75 Å². The molecular weight excluding hydrogens is 224 g/mol. The first-order chi connectivity index (χ1) is 7.58. The van der Waals surface area contributed by atoms with Crippen molar-refractivity contribution in [3.8, 4) is 11.4 Å². The van der Waals surface area contributed by atoms with Gasteiger partial charge in [-0.1, -0.05) is 0 Å². The van der Waals surface area contributed by atoms with Gasteiger partial charge in [-0.05, 0) is 43.4 Å². The van der Waals surface area contributed by atoms with Crippen LogP contribution in [0.3, 0.4) is 0 Å². The van der Waals surface area contributed by atoms with Crippen molar-refractivity contribution < 1.29 is 5.11 Å². The number of rotatable bonds is 1. The first-order valence-corrected chi connectivity index (χ1v) is 5.11. The highest BCUT2D eigenvalue weighted by atomic mass is 32.1. The third kappa shape index (κ3) is 1.90. The Kier molecular flexibility index (Phi) is 2.62. The van der Waals surface area contributed by atoms with E-state index in [1.54, 1.807) is 35.8 Å². The predicted molar refractivity (Wildman–Crippen MR) is 63.6 cm³/mol. The van der Waals surface area contributed by atoms with E-state index in [0.717, 1.165) is 11.4 Å². The highest BCUT2D eigenvalue weighted by Gasteiger charge is 2.02. The van der Waals surface area contributed by atoms with Crippen LogP contribution in [0, 0.1) is 11.7 Å². The summed E-state index contributed by atoms with van der Waals surface area (Å²) in [6, 6.07) is 8.08. The molecule has 4 nitrogen and oxygen atoms in total. The molecule has 0 bridgehead atoms. The van der Waals surface area contributed by atoms with Gasteiger partial charge in [0, 0.05) is 17.4 Å². The molecule has 2 rings (SSSR count). The van der Waals surface area contributed by atoms with E-state index in [4.69, 9.17) is 12.2 Å². The number of phenolic OH excluding ortho intramolecular Hbond substituents is 1. The molecule has 0 saturated carbocycles. The largest absolute Gasteiger partial charge is 0.508 e. The Bertz CT molecular complexity index is 626. The van der Waals surface area contributed by atoms with E-state index in [1.807, 2.05) is 0 Å². The van der Waals surface area contributed by atoms with Crippen LogP contribution in [0.25, 0.3) is 5.69 Å². The molecule has 2 aromatic rings. The zero-order chi connectivity index (χ0) is 11.7. The Morgan fingerprint density at radius 1 is 1.31 bits per heavy atom. The van der Waals surface area contributed by atoms with Crippen molar-refractivity contribution in [3.63, 3.8) is 0 Å². The molecule has 2 N–H and O–H groups in total. The summed E-state index contributed by atoms with van der Waals surface area (Å²) in [7, 11) is 0. The van der Waals surface area contributed by atoms with Gasteiger partial charge in [0.15, 0.2) is 4.77 Å². The lowest BCUT2D eigenvalue weighted by Gasteiger charge is -2.09. The molecule has 0 radical (unpaired) electrons. The summed E-state index contributed by atoms with van der Waals surface area (Å²) in [6.07, 6.45) is 0. The van der Waals surface area contributed by atoms with Crippen molar-refractivity contribution in [2.24, 2.45) is 0 Å². The normalized spacial score (nSPS) is 10.3.